The molecule has 128 valence electrons. The van der Waals surface area contributed by atoms with Crippen molar-refractivity contribution in [1.29, 1.82) is 0 Å². The van der Waals surface area contributed by atoms with Crippen LogP contribution in [-0.2, 0) is 9.59 Å². The van der Waals surface area contributed by atoms with Crippen molar-refractivity contribution in [2.75, 3.05) is 10.6 Å². The van der Waals surface area contributed by atoms with Gasteiger partial charge in [0, 0.05) is 12.6 Å². The minimum absolute atomic E-state index is 0.0170. The van der Waals surface area contributed by atoms with Crippen molar-refractivity contribution in [2.45, 2.75) is 58.5 Å². The predicted octanol–water partition coefficient (Wildman–Crippen LogP) is 3.44. The maximum atomic E-state index is 13.8. The van der Waals surface area contributed by atoms with E-state index in [4.69, 9.17) is 0 Å². The number of aliphatic hydroxyl groups is 1. The van der Waals surface area contributed by atoms with Crippen LogP contribution in [0.3, 0.4) is 0 Å². The van der Waals surface area contributed by atoms with Crippen molar-refractivity contribution in [3.8, 4) is 0 Å². The molecule has 0 saturated carbocycles. The first-order valence-corrected chi connectivity index (χ1v) is 7.89. The lowest BCUT2D eigenvalue weighted by Gasteiger charge is -2.26. The highest BCUT2D eigenvalue weighted by molar-refractivity contribution is 5.93. The molecule has 1 rings (SSSR count). The molecule has 23 heavy (non-hydrogen) atoms. The average Bonchev–Trinajstić information content (AvgIpc) is 2.42. The van der Waals surface area contributed by atoms with Gasteiger partial charge in [-0.15, -0.1) is 0 Å². The van der Waals surface area contributed by atoms with E-state index >= 15 is 0 Å². The summed E-state index contributed by atoms with van der Waals surface area (Å²) in [5.74, 6) is -1.33. The van der Waals surface area contributed by atoms with Crippen LogP contribution in [0.25, 0.3) is 0 Å². The first-order valence-electron chi connectivity index (χ1n) is 7.89. The number of anilines is 2. The summed E-state index contributed by atoms with van der Waals surface area (Å²) in [6.07, 6.45) is 2.47. The van der Waals surface area contributed by atoms with Gasteiger partial charge in [0.2, 0.25) is 11.8 Å². The minimum Gasteiger partial charge on any atom is -0.389 e. The Hall–Kier alpha value is -1.95. The van der Waals surface area contributed by atoms with Crippen LogP contribution < -0.4 is 10.6 Å². The highest BCUT2D eigenvalue weighted by atomic mass is 19.1. The maximum Gasteiger partial charge on any atom is 0.227 e. The number of hydrogen-bond donors (Lipinski definition) is 3. The summed E-state index contributed by atoms with van der Waals surface area (Å²) in [6, 6.07) is 3.94. The number of halogens is 1. The molecule has 0 aliphatic heterocycles. The summed E-state index contributed by atoms with van der Waals surface area (Å²) in [5.41, 5.74) is -0.692. The van der Waals surface area contributed by atoms with E-state index in [0.29, 0.717) is 18.5 Å². The first-order chi connectivity index (χ1) is 10.8. The summed E-state index contributed by atoms with van der Waals surface area (Å²) in [6.45, 7) is 5.22. The number of carbonyl (C=O) groups is 2. The van der Waals surface area contributed by atoms with E-state index in [1.54, 1.807) is 0 Å². The molecule has 0 fully saturated rings. The van der Waals surface area contributed by atoms with E-state index in [-0.39, 0.29) is 18.0 Å². The average molecular weight is 324 g/mol. The largest absolute Gasteiger partial charge is 0.389 e. The second-order valence-electron chi connectivity index (χ2n) is 5.83. The van der Waals surface area contributed by atoms with Gasteiger partial charge in [-0.3, -0.25) is 9.59 Å². The molecule has 0 radical (unpaired) electrons. The van der Waals surface area contributed by atoms with Crippen molar-refractivity contribution in [2.24, 2.45) is 0 Å². The molecule has 6 heteroatoms. The van der Waals surface area contributed by atoms with Gasteiger partial charge >= 0.3 is 0 Å². The number of rotatable bonds is 8. The molecule has 0 aliphatic carbocycles. The monoisotopic (exact) mass is 324 g/mol. The Morgan fingerprint density at radius 1 is 1.17 bits per heavy atom. The standard InChI is InChI=1S/C17H25FN2O3/c1-4-8-17(23,9-5-2)11-16(22)20-15-10-13(19-12(3)21)6-7-14(15)18/h6-7,10,23H,4-5,8-9,11H2,1-3H3,(H,19,21)(H,20,22). The lowest BCUT2D eigenvalue weighted by Crippen LogP contribution is -2.34. The fraction of sp³-hybridized carbons (Fsp3) is 0.529. The fourth-order valence-electron chi connectivity index (χ4n) is 2.63. The van der Waals surface area contributed by atoms with Crippen LogP contribution >= 0.6 is 0 Å². The highest BCUT2D eigenvalue weighted by Gasteiger charge is 2.28. The van der Waals surface area contributed by atoms with Gasteiger partial charge in [0.05, 0.1) is 17.7 Å². The van der Waals surface area contributed by atoms with Crippen LogP contribution in [-0.4, -0.2) is 22.5 Å². The molecule has 3 N–H and O–H groups in total. The van der Waals surface area contributed by atoms with Crippen LogP contribution in [0.4, 0.5) is 15.8 Å². The van der Waals surface area contributed by atoms with Crippen molar-refractivity contribution >= 4 is 23.2 Å². The summed E-state index contributed by atoms with van der Waals surface area (Å²) < 4.78 is 13.8. The van der Waals surface area contributed by atoms with Gasteiger partial charge in [-0.2, -0.15) is 0 Å². The molecule has 0 heterocycles. The summed E-state index contributed by atoms with van der Waals surface area (Å²) in [4.78, 5) is 23.2. The predicted molar refractivity (Wildman–Crippen MR) is 88.7 cm³/mol. The van der Waals surface area contributed by atoms with Gasteiger partial charge in [0.25, 0.3) is 0 Å². The molecule has 0 atom stereocenters. The van der Waals surface area contributed by atoms with Crippen LogP contribution in [0.1, 0.15) is 52.9 Å². The Labute approximate surface area is 136 Å². The van der Waals surface area contributed by atoms with E-state index in [2.05, 4.69) is 10.6 Å². The molecule has 0 saturated heterocycles. The Morgan fingerprint density at radius 2 is 1.78 bits per heavy atom. The molecular formula is C17H25FN2O3. The van der Waals surface area contributed by atoms with E-state index in [1.807, 2.05) is 13.8 Å². The molecule has 1 aromatic carbocycles. The summed E-state index contributed by atoms with van der Waals surface area (Å²) in [5, 5.41) is 15.5. The van der Waals surface area contributed by atoms with Gasteiger partial charge in [0.1, 0.15) is 5.82 Å². The van der Waals surface area contributed by atoms with E-state index in [9.17, 15) is 19.1 Å². The lowest BCUT2D eigenvalue weighted by molar-refractivity contribution is -0.121. The Morgan fingerprint density at radius 3 is 2.30 bits per heavy atom. The number of nitrogens with one attached hydrogen (secondary N) is 2. The van der Waals surface area contributed by atoms with Crippen molar-refractivity contribution in [1.82, 2.24) is 0 Å². The molecule has 5 nitrogen and oxygen atoms in total. The second-order valence-corrected chi connectivity index (χ2v) is 5.83. The minimum atomic E-state index is -1.07. The van der Waals surface area contributed by atoms with Gasteiger partial charge in [-0.25, -0.2) is 4.39 Å². The Balaban J connectivity index is 2.81. The molecular weight excluding hydrogens is 299 g/mol. The molecule has 1 aromatic rings. The Bertz CT molecular complexity index is 555. The zero-order chi connectivity index (χ0) is 17.5. The summed E-state index contributed by atoms with van der Waals surface area (Å²) in [7, 11) is 0. The zero-order valence-electron chi connectivity index (χ0n) is 13.9. The van der Waals surface area contributed by atoms with E-state index in [0.717, 1.165) is 12.8 Å². The van der Waals surface area contributed by atoms with E-state index in [1.165, 1.54) is 25.1 Å². The van der Waals surface area contributed by atoms with Crippen molar-refractivity contribution in [3.63, 3.8) is 0 Å². The number of carbonyl (C=O) groups excluding carboxylic acids is 2. The Kier molecular flexibility index (Phi) is 7.16. The topological polar surface area (TPSA) is 78.4 Å². The summed E-state index contributed by atoms with van der Waals surface area (Å²) >= 11 is 0. The number of hydrogen-bond acceptors (Lipinski definition) is 3. The molecule has 0 aliphatic rings. The molecule has 0 aromatic heterocycles. The fourth-order valence-corrected chi connectivity index (χ4v) is 2.63. The third-order valence-electron chi connectivity index (χ3n) is 3.48. The number of amides is 2. The maximum absolute atomic E-state index is 13.8. The quantitative estimate of drug-likeness (QED) is 0.685. The van der Waals surface area contributed by atoms with Crippen LogP contribution in [0.2, 0.25) is 0 Å². The second kappa shape index (κ2) is 8.62. The third kappa shape index (κ3) is 6.36. The van der Waals surface area contributed by atoms with Gasteiger partial charge in [0.15, 0.2) is 0 Å². The van der Waals surface area contributed by atoms with Gasteiger partial charge in [-0.1, -0.05) is 26.7 Å². The third-order valence-corrected chi connectivity index (χ3v) is 3.48. The smallest absolute Gasteiger partial charge is 0.227 e. The number of benzene rings is 1. The van der Waals surface area contributed by atoms with Gasteiger partial charge < -0.3 is 15.7 Å². The molecule has 2 amide bonds. The molecule has 0 bridgehead atoms. The molecule has 0 unspecified atom stereocenters. The molecule has 0 spiro atoms. The normalized spacial score (nSPS) is 11.2. The highest BCUT2D eigenvalue weighted by Crippen LogP contribution is 2.25. The van der Waals surface area contributed by atoms with Crippen molar-refractivity contribution in [3.05, 3.63) is 24.0 Å². The lowest BCUT2D eigenvalue weighted by atomic mass is 9.89. The van der Waals surface area contributed by atoms with Crippen molar-refractivity contribution < 1.29 is 19.1 Å². The van der Waals surface area contributed by atoms with Gasteiger partial charge in [-0.05, 0) is 31.0 Å². The van der Waals surface area contributed by atoms with Crippen LogP contribution in [0.5, 0.6) is 0 Å². The van der Waals surface area contributed by atoms with Crippen LogP contribution in [0.15, 0.2) is 18.2 Å². The first kappa shape index (κ1) is 19.1. The van der Waals surface area contributed by atoms with Crippen LogP contribution in [0, 0.1) is 5.82 Å². The zero-order valence-corrected chi connectivity index (χ0v) is 13.9. The van der Waals surface area contributed by atoms with E-state index < -0.39 is 17.3 Å². The SMILES string of the molecule is CCCC(O)(CCC)CC(=O)Nc1cc(NC(C)=O)ccc1F.